The van der Waals surface area contributed by atoms with Crippen LogP contribution in [-0.2, 0) is 9.84 Å². The summed E-state index contributed by atoms with van der Waals surface area (Å²) in [5, 5.41) is 10.6. The van der Waals surface area contributed by atoms with Crippen molar-refractivity contribution in [2.75, 3.05) is 11.5 Å². The molecule has 1 aliphatic rings. The van der Waals surface area contributed by atoms with Crippen molar-refractivity contribution in [2.45, 2.75) is 78.2 Å². The molecule has 0 aromatic heterocycles. The van der Waals surface area contributed by atoms with E-state index in [0.29, 0.717) is 24.2 Å². The second-order valence-electron chi connectivity index (χ2n) is 7.18. The van der Waals surface area contributed by atoms with Gasteiger partial charge in [-0.2, -0.15) is 0 Å². The average Bonchev–Trinajstić information content (AvgIpc) is 2.39. The monoisotopic (exact) mass is 304 g/mol. The third-order valence-corrected chi connectivity index (χ3v) is 7.26. The largest absolute Gasteiger partial charge is 0.390 e. The highest BCUT2D eigenvalue weighted by molar-refractivity contribution is 7.91. The van der Waals surface area contributed by atoms with E-state index in [2.05, 4.69) is 20.8 Å². The summed E-state index contributed by atoms with van der Waals surface area (Å²) in [5.41, 5.74) is -0.267. The Morgan fingerprint density at radius 2 is 1.75 bits per heavy atom. The SMILES string of the molecule is CCC(C)(C)C1CCC(O)(CCCS(=O)(=O)CC)CC1. The molecule has 1 N–H and O–H groups in total. The van der Waals surface area contributed by atoms with Crippen LogP contribution in [0.15, 0.2) is 0 Å². The molecular formula is C16H32O3S. The van der Waals surface area contributed by atoms with E-state index in [1.165, 1.54) is 6.42 Å². The number of hydrogen-bond acceptors (Lipinski definition) is 3. The smallest absolute Gasteiger partial charge is 0.150 e. The summed E-state index contributed by atoms with van der Waals surface area (Å²) in [6.07, 6.45) is 6.18. The normalized spacial score (nSPS) is 28.6. The van der Waals surface area contributed by atoms with Gasteiger partial charge >= 0.3 is 0 Å². The minimum atomic E-state index is -2.90. The lowest BCUT2D eigenvalue weighted by Gasteiger charge is -2.42. The van der Waals surface area contributed by atoms with Crippen LogP contribution in [0.3, 0.4) is 0 Å². The summed E-state index contributed by atoms with van der Waals surface area (Å²) in [7, 11) is -2.90. The molecule has 0 saturated heterocycles. The summed E-state index contributed by atoms with van der Waals surface area (Å²) < 4.78 is 23.0. The van der Waals surface area contributed by atoms with E-state index < -0.39 is 15.4 Å². The predicted octanol–water partition coefficient (Wildman–Crippen LogP) is 3.56. The molecule has 0 radical (unpaired) electrons. The van der Waals surface area contributed by atoms with Gasteiger partial charge < -0.3 is 5.11 Å². The fraction of sp³-hybridized carbons (Fsp3) is 1.00. The van der Waals surface area contributed by atoms with Crippen molar-refractivity contribution in [3.63, 3.8) is 0 Å². The van der Waals surface area contributed by atoms with Crippen LogP contribution in [0, 0.1) is 11.3 Å². The molecule has 0 unspecified atom stereocenters. The van der Waals surface area contributed by atoms with Crippen LogP contribution in [0.5, 0.6) is 0 Å². The van der Waals surface area contributed by atoms with Gasteiger partial charge in [-0.05, 0) is 49.9 Å². The van der Waals surface area contributed by atoms with Crippen molar-refractivity contribution < 1.29 is 13.5 Å². The van der Waals surface area contributed by atoms with Crippen molar-refractivity contribution >= 4 is 9.84 Å². The number of aliphatic hydroxyl groups is 1. The van der Waals surface area contributed by atoms with E-state index in [1.54, 1.807) is 6.92 Å². The fourth-order valence-electron chi connectivity index (χ4n) is 3.24. The third-order valence-electron chi connectivity index (χ3n) is 5.47. The van der Waals surface area contributed by atoms with Crippen LogP contribution >= 0.6 is 0 Å². The Kier molecular flexibility index (Phi) is 6.09. The van der Waals surface area contributed by atoms with Crippen LogP contribution in [0.1, 0.15) is 72.6 Å². The maximum atomic E-state index is 11.5. The summed E-state index contributed by atoms with van der Waals surface area (Å²) in [4.78, 5) is 0. The van der Waals surface area contributed by atoms with E-state index in [-0.39, 0.29) is 11.5 Å². The first-order valence-corrected chi connectivity index (χ1v) is 9.89. The van der Waals surface area contributed by atoms with E-state index >= 15 is 0 Å². The van der Waals surface area contributed by atoms with Crippen LogP contribution < -0.4 is 0 Å². The zero-order valence-corrected chi connectivity index (χ0v) is 14.4. The first-order valence-electron chi connectivity index (χ1n) is 8.07. The molecule has 0 aromatic carbocycles. The van der Waals surface area contributed by atoms with Gasteiger partial charge in [0.05, 0.1) is 11.4 Å². The average molecular weight is 304 g/mol. The molecular weight excluding hydrogens is 272 g/mol. The Balaban J connectivity index is 2.43. The number of hydrogen-bond donors (Lipinski definition) is 1. The Morgan fingerprint density at radius 3 is 2.20 bits per heavy atom. The van der Waals surface area contributed by atoms with Gasteiger partial charge in [-0.3, -0.25) is 0 Å². The number of sulfone groups is 1. The molecule has 1 fully saturated rings. The summed E-state index contributed by atoms with van der Waals surface area (Å²) in [5.74, 6) is 1.11. The van der Waals surface area contributed by atoms with Crippen molar-refractivity contribution in [2.24, 2.45) is 11.3 Å². The van der Waals surface area contributed by atoms with Gasteiger partial charge in [0, 0.05) is 5.75 Å². The summed E-state index contributed by atoms with van der Waals surface area (Å²) >= 11 is 0. The zero-order valence-electron chi connectivity index (χ0n) is 13.6. The van der Waals surface area contributed by atoms with Crippen LogP contribution in [-0.4, -0.2) is 30.6 Å². The first-order chi connectivity index (χ1) is 9.14. The van der Waals surface area contributed by atoms with Crippen molar-refractivity contribution in [3.8, 4) is 0 Å². The molecule has 3 nitrogen and oxygen atoms in total. The van der Waals surface area contributed by atoms with Gasteiger partial charge in [0.15, 0.2) is 0 Å². The van der Waals surface area contributed by atoms with Gasteiger partial charge in [0.2, 0.25) is 0 Å². The van der Waals surface area contributed by atoms with Gasteiger partial charge in [-0.15, -0.1) is 0 Å². The van der Waals surface area contributed by atoms with Crippen molar-refractivity contribution in [1.29, 1.82) is 0 Å². The standard InChI is InChI=1S/C16H32O3S/c1-5-15(3,4)14-8-11-16(17,12-9-14)10-7-13-20(18,19)6-2/h14,17H,5-13H2,1-4H3. The summed E-state index contributed by atoms with van der Waals surface area (Å²) in [6.45, 7) is 8.55. The first kappa shape index (κ1) is 18.0. The van der Waals surface area contributed by atoms with Gasteiger partial charge in [-0.1, -0.05) is 34.1 Å². The third kappa shape index (κ3) is 5.03. The molecule has 0 bridgehead atoms. The number of rotatable bonds is 7. The molecule has 0 aromatic rings. The second kappa shape index (κ2) is 6.78. The molecule has 1 rings (SSSR count). The quantitative estimate of drug-likeness (QED) is 0.782. The molecule has 20 heavy (non-hydrogen) atoms. The van der Waals surface area contributed by atoms with Gasteiger partial charge in [0.25, 0.3) is 0 Å². The van der Waals surface area contributed by atoms with Crippen LogP contribution in [0.25, 0.3) is 0 Å². The maximum absolute atomic E-state index is 11.5. The van der Waals surface area contributed by atoms with Crippen LogP contribution in [0.2, 0.25) is 0 Å². The van der Waals surface area contributed by atoms with E-state index in [9.17, 15) is 13.5 Å². The Bertz CT molecular complexity index is 390. The van der Waals surface area contributed by atoms with E-state index in [1.807, 2.05) is 0 Å². The maximum Gasteiger partial charge on any atom is 0.150 e. The highest BCUT2D eigenvalue weighted by Gasteiger charge is 2.38. The van der Waals surface area contributed by atoms with Crippen molar-refractivity contribution in [3.05, 3.63) is 0 Å². The molecule has 120 valence electrons. The summed E-state index contributed by atoms with van der Waals surface area (Å²) in [6, 6.07) is 0. The highest BCUT2D eigenvalue weighted by Crippen LogP contribution is 2.44. The molecule has 0 amide bonds. The van der Waals surface area contributed by atoms with E-state index in [0.717, 1.165) is 25.7 Å². The van der Waals surface area contributed by atoms with Gasteiger partial charge in [0.1, 0.15) is 9.84 Å². The highest BCUT2D eigenvalue weighted by atomic mass is 32.2. The predicted molar refractivity (Wildman–Crippen MR) is 84.5 cm³/mol. The lowest BCUT2D eigenvalue weighted by atomic mass is 9.66. The molecule has 1 aliphatic carbocycles. The molecule has 0 aliphatic heterocycles. The topological polar surface area (TPSA) is 54.4 Å². The van der Waals surface area contributed by atoms with Crippen LogP contribution in [0.4, 0.5) is 0 Å². The second-order valence-corrected chi connectivity index (χ2v) is 9.65. The molecule has 1 saturated carbocycles. The Morgan fingerprint density at radius 1 is 1.20 bits per heavy atom. The van der Waals surface area contributed by atoms with Crippen molar-refractivity contribution in [1.82, 2.24) is 0 Å². The fourth-order valence-corrected chi connectivity index (χ4v) is 4.11. The Labute approximate surface area is 125 Å². The molecule has 0 heterocycles. The molecule has 0 atom stereocenters. The lowest BCUT2D eigenvalue weighted by molar-refractivity contribution is -0.0343. The minimum Gasteiger partial charge on any atom is -0.390 e. The molecule has 4 heteroatoms. The van der Waals surface area contributed by atoms with E-state index in [4.69, 9.17) is 0 Å². The minimum absolute atomic E-state index is 0.207. The lowest BCUT2D eigenvalue weighted by Crippen LogP contribution is -2.38. The van der Waals surface area contributed by atoms with Gasteiger partial charge in [-0.25, -0.2) is 8.42 Å². The Hall–Kier alpha value is -0.0900. The molecule has 0 spiro atoms. The zero-order chi connectivity index (χ0) is 15.4.